The van der Waals surface area contributed by atoms with Crippen LogP contribution in [0.2, 0.25) is 5.02 Å². The van der Waals surface area contributed by atoms with Gasteiger partial charge < -0.3 is 5.73 Å². The lowest BCUT2D eigenvalue weighted by atomic mass is 9.99. The van der Waals surface area contributed by atoms with E-state index in [0.717, 1.165) is 22.3 Å². The van der Waals surface area contributed by atoms with Crippen LogP contribution in [0, 0.1) is 6.92 Å². The fourth-order valence-corrected chi connectivity index (χ4v) is 3.18. The van der Waals surface area contributed by atoms with Crippen LogP contribution in [0.1, 0.15) is 29.2 Å². The quantitative estimate of drug-likeness (QED) is 0.917. The second-order valence-electron chi connectivity index (χ2n) is 5.13. The van der Waals surface area contributed by atoms with Crippen molar-refractivity contribution in [2.24, 2.45) is 5.73 Å². The predicted octanol–water partition coefficient (Wildman–Crippen LogP) is 3.63. The molecule has 3 nitrogen and oxygen atoms in total. The molecule has 2 atom stereocenters. The van der Waals surface area contributed by atoms with E-state index in [1.54, 1.807) is 11.3 Å². The average Bonchev–Trinajstić information content (AvgIpc) is 2.77. The van der Waals surface area contributed by atoms with Gasteiger partial charge in [0.15, 0.2) is 0 Å². The molecular formula is C15H20ClN3S. The third-order valence-electron chi connectivity index (χ3n) is 3.26. The molecule has 0 radical (unpaired) electrons. The zero-order valence-electron chi connectivity index (χ0n) is 12.0. The van der Waals surface area contributed by atoms with Gasteiger partial charge in [-0.1, -0.05) is 23.7 Å². The minimum absolute atomic E-state index is 0.0286. The second-order valence-corrected chi connectivity index (χ2v) is 6.63. The third kappa shape index (κ3) is 3.79. The molecule has 2 aromatic rings. The van der Waals surface area contributed by atoms with E-state index in [1.165, 1.54) is 5.56 Å². The predicted molar refractivity (Wildman–Crippen MR) is 86.2 cm³/mol. The number of nitrogens with two attached hydrogens (primary N) is 1. The molecule has 1 heterocycles. The maximum atomic E-state index is 6.17. The molecule has 0 fully saturated rings. The zero-order valence-corrected chi connectivity index (χ0v) is 13.6. The van der Waals surface area contributed by atoms with Crippen molar-refractivity contribution < 1.29 is 0 Å². The molecule has 0 spiro atoms. The highest BCUT2D eigenvalue weighted by Crippen LogP contribution is 2.25. The minimum Gasteiger partial charge on any atom is -0.326 e. The van der Waals surface area contributed by atoms with Crippen LogP contribution in [0.25, 0.3) is 0 Å². The van der Waals surface area contributed by atoms with Crippen LogP contribution in [0.15, 0.2) is 29.6 Å². The summed E-state index contributed by atoms with van der Waals surface area (Å²) in [6.45, 7) is 4.84. The Morgan fingerprint density at radius 3 is 2.50 bits per heavy atom. The number of rotatable bonds is 5. The highest BCUT2D eigenvalue weighted by Gasteiger charge is 2.21. The fraction of sp³-hybridized carbons (Fsp3) is 0.400. The first-order valence-corrected chi connectivity index (χ1v) is 7.85. The van der Waals surface area contributed by atoms with Gasteiger partial charge in [-0.05, 0) is 38.6 Å². The van der Waals surface area contributed by atoms with Crippen LogP contribution in [-0.4, -0.2) is 23.0 Å². The van der Waals surface area contributed by atoms with Gasteiger partial charge in [0.1, 0.15) is 0 Å². The van der Waals surface area contributed by atoms with Crippen molar-refractivity contribution in [2.45, 2.75) is 32.5 Å². The summed E-state index contributed by atoms with van der Waals surface area (Å²) >= 11 is 7.63. The largest absolute Gasteiger partial charge is 0.326 e. The maximum absolute atomic E-state index is 6.17. The zero-order chi connectivity index (χ0) is 14.7. The number of hydrogen-bond donors (Lipinski definition) is 1. The van der Waals surface area contributed by atoms with Crippen LogP contribution in [0.4, 0.5) is 0 Å². The van der Waals surface area contributed by atoms with Crippen molar-refractivity contribution >= 4 is 22.9 Å². The molecule has 5 heteroatoms. The van der Waals surface area contributed by atoms with E-state index in [0.29, 0.717) is 0 Å². The Balaban J connectivity index is 2.17. The number of benzene rings is 1. The highest BCUT2D eigenvalue weighted by atomic mass is 35.5. The molecular weight excluding hydrogens is 290 g/mol. The Morgan fingerprint density at radius 2 is 2.00 bits per heavy atom. The van der Waals surface area contributed by atoms with E-state index < -0.39 is 0 Å². The van der Waals surface area contributed by atoms with Gasteiger partial charge in [0.25, 0.3) is 0 Å². The lowest BCUT2D eigenvalue weighted by molar-refractivity contribution is 0.209. The molecule has 108 valence electrons. The Labute approximate surface area is 129 Å². The topological polar surface area (TPSA) is 42.2 Å². The smallest absolute Gasteiger partial charge is 0.0897 e. The van der Waals surface area contributed by atoms with Crippen molar-refractivity contribution in [1.82, 2.24) is 9.88 Å². The normalized spacial score (nSPS) is 14.5. The molecule has 0 aliphatic carbocycles. The van der Waals surface area contributed by atoms with Gasteiger partial charge in [-0.25, -0.2) is 4.98 Å². The number of hydrogen-bond acceptors (Lipinski definition) is 4. The van der Waals surface area contributed by atoms with Gasteiger partial charge in [0.05, 0.1) is 10.7 Å². The number of aromatic nitrogens is 1. The average molecular weight is 310 g/mol. The third-order valence-corrected chi connectivity index (χ3v) is 4.34. The summed E-state index contributed by atoms with van der Waals surface area (Å²) in [5.41, 5.74) is 8.45. The first-order chi connectivity index (χ1) is 9.47. The van der Waals surface area contributed by atoms with Crippen molar-refractivity contribution in [1.29, 1.82) is 0 Å². The second kappa shape index (κ2) is 6.68. The number of thiazole rings is 1. The number of aryl methyl sites for hydroxylation is 1. The van der Waals surface area contributed by atoms with Gasteiger partial charge in [-0.2, -0.15) is 0 Å². The van der Waals surface area contributed by atoms with Crippen LogP contribution in [0.3, 0.4) is 0 Å². The van der Waals surface area contributed by atoms with Gasteiger partial charge >= 0.3 is 0 Å². The molecule has 1 aromatic carbocycles. The monoisotopic (exact) mass is 309 g/mol. The summed E-state index contributed by atoms with van der Waals surface area (Å²) < 4.78 is 0. The molecule has 2 N–H and O–H groups in total. The molecule has 0 aliphatic rings. The summed E-state index contributed by atoms with van der Waals surface area (Å²) in [5.74, 6) is 0. The SMILES string of the molecule is Cc1nc(CN(C)C(c2ccc(Cl)cc2)C(C)N)cs1. The van der Waals surface area contributed by atoms with Crippen molar-refractivity contribution in [2.75, 3.05) is 7.05 Å². The molecule has 0 saturated carbocycles. The van der Waals surface area contributed by atoms with Gasteiger partial charge in [0, 0.05) is 29.0 Å². The first-order valence-electron chi connectivity index (χ1n) is 6.59. The number of likely N-dealkylation sites (N-methyl/N-ethyl adjacent to an activating group) is 1. The molecule has 20 heavy (non-hydrogen) atoms. The lowest BCUT2D eigenvalue weighted by Crippen LogP contribution is -2.37. The van der Waals surface area contributed by atoms with Crippen LogP contribution >= 0.6 is 22.9 Å². The van der Waals surface area contributed by atoms with E-state index in [-0.39, 0.29) is 12.1 Å². The summed E-state index contributed by atoms with van der Waals surface area (Å²) in [6, 6.07) is 8.08. The van der Waals surface area contributed by atoms with Crippen LogP contribution < -0.4 is 5.73 Å². The van der Waals surface area contributed by atoms with Crippen molar-refractivity contribution in [3.05, 3.63) is 50.9 Å². The Kier molecular flexibility index (Phi) is 5.16. The number of halogens is 1. The maximum Gasteiger partial charge on any atom is 0.0897 e. The molecule has 0 aliphatic heterocycles. The fourth-order valence-electron chi connectivity index (χ4n) is 2.45. The molecule has 0 amide bonds. The van der Waals surface area contributed by atoms with E-state index in [9.17, 15) is 0 Å². The van der Waals surface area contributed by atoms with Crippen molar-refractivity contribution in [3.63, 3.8) is 0 Å². The first kappa shape index (κ1) is 15.4. The van der Waals surface area contributed by atoms with E-state index >= 15 is 0 Å². The summed E-state index contributed by atoms with van der Waals surface area (Å²) in [5, 5.41) is 3.94. The summed E-state index contributed by atoms with van der Waals surface area (Å²) in [6.07, 6.45) is 0. The highest BCUT2D eigenvalue weighted by molar-refractivity contribution is 7.09. The Morgan fingerprint density at radius 1 is 1.35 bits per heavy atom. The summed E-state index contributed by atoms with van der Waals surface area (Å²) in [4.78, 5) is 6.75. The Hall–Kier alpha value is -0.940. The van der Waals surface area contributed by atoms with E-state index in [1.807, 2.05) is 38.1 Å². The molecule has 1 aromatic heterocycles. The van der Waals surface area contributed by atoms with Crippen molar-refractivity contribution in [3.8, 4) is 0 Å². The minimum atomic E-state index is 0.0286. The molecule has 2 rings (SSSR count). The van der Waals surface area contributed by atoms with E-state index in [2.05, 4.69) is 22.3 Å². The van der Waals surface area contributed by atoms with Gasteiger partial charge in [-0.15, -0.1) is 11.3 Å². The molecule has 0 saturated heterocycles. The Bertz CT molecular complexity index is 551. The molecule has 0 bridgehead atoms. The standard InChI is InChI=1S/C15H20ClN3S/c1-10(17)15(12-4-6-13(16)7-5-12)19(3)8-14-9-20-11(2)18-14/h4-7,9-10,15H,8,17H2,1-3H3. The number of nitrogens with zero attached hydrogens (tertiary/aromatic N) is 2. The summed E-state index contributed by atoms with van der Waals surface area (Å²) in [7, 11) is 2.08. The van der Waals surface area contributed by atoms with Gasteiger partial charge in [-0.3, -0.25) is 4.90 Å². The molecule has 2 unspecified atom stereocenters. The lowest BCUT2D eigenvalue weighted by Gasteiger charge is -2.31. The van der Waals surface area contributed by atoms with Gasteiger partial charge in [0.2, 0.25) is 0 Å². The van der Waals surface area contributed by atoms with E-state index in [4.69, 9.17) is 17.3 Å². The van der Waals surface area contributed by atoms with Crippen LogP contribution in [0.5, 0.6) is 0 Å². The van der Waals surface area contributed by atoms with Crippen LogP contribution in [-0.2, 0) is 6.54 Å².